The van der Waals surface area contributed by atoms with Crippen LogP contribution in [0.25, 0.3) is 0 Å². The Kier molecular flexibility index (Phi) is 4.63. The van der Waals surface area contributed by atoms with Gasteiger partial charge in [0.25, 0.3) is 5.91 Å². The van der Waals surface area contributed by atoms with E-state index in [-0.39, 0.29) is 11.8 Å². The number of nitrogens with one attached hydrogen (secondary N) is 1. The first-order valence-electron chi connectivity index (χ1n) is 7.55. The van der Waals surface area contributed by atoms with Crippen molar-refractivity contribution in [2.45, 2.75) is 19.4 Å². The predicted octanol–water partition coefficient (Wildman–Crippen LogP) is 3.71. The van der Waals surface area contributed by atoms with E-state index in [4.69, 9.17) is 11.6 Å². The van der Waals surface area contributed by atoms with Crippen LogP contribution < -0.4 is 5.32 Å². The number of likely N-dealkylation sites (tertiary alicyclic amines) is 1. The van der Waals surface area contributed by atoms with Crippen LogP contribution in [0.1, 0.15) is 28.8 Å². The Morgan fingerprint density at radius 1 is 1.17 bits per heavy atom. The van der Waals surface area contributed by atoms with E-state index in [9.17, 15) is 9.59 Å². The standard InChI is InChI=1S/C18H17ClN2O2/c19-15-6-8-16(9-7-15)20-18(23)14-4-1-3-13(11-14)12-21-10-2-5-17(21)22/h1,3-4,6-9,11H,2,5,10,12H2,(H,20,23). The molecule has 4 nitrogen and oxygen atoms in total. The Bertz CT molecular complexity index is 728. The van der Waals surface area contributed by atoms with Crippen LogP contribution in [0.2, 0.25) is 5.02 Å². The fraction of sp³-hybridized carbons (Fsp3) is 0.222. The molecule has 1 aliphatic heterocycles. The number of carbonyl (C=O) groups excluding carboxylic acids is 2. The lowest BCUT2D eigenvalue weighted by atomic mass is 10.1. The van der Waals surface area contributed by atoms with Crippen molar-refractivity contribution < 1.29 is 9.59 Å². The first kappa shape index (κ1) is 15.6. The van der Waals surface area contributed by atoms with Gasteiger partial charge in [-0.1, -0.05) is 23.7 Å². The molecular weight excluding hydrogens is 312 g/mol. The molecule has 3 rings (SSSR count). The second kappa shape index (κ2) is 6.84. The summed E-state index contributed by atoms with van der Waals surface area (Å²) in [5.74, 6) is 0.00272. The summed E-state index contributed by atoms with van der Waals surface area (Å²) < 4.78 is 0. The summed E-state index contributed by atoms with van der Waals surface area (Å²) in [5.41, 5.74) is 2.23. The predicted molar refractivity (Wildman–Crippen MR) is 90.5 cm³/mol. The summed E-state index contributed by atoms with van der Waals surface area (Å²) >= 11 is 5.83. The second-order valence-corrected chi connectivity index (χ2v) is 6.02. The Balaban J connectivity index is 1.69. The maximum absolute atomic E-state index is 12.3. The second-order valence-electron chi connectivity index (χ2n) is 5.58. The van der Waals surface area contributed by atoms with E-state index in [1.54, 1.807) is 30.3 Å². The molecule has 0 spiro atoms. The zero-order valence-corrected chi connectivity index (χ0v) is 13.3. The first-order chi connectivity index (χ1) is 11.1. The monoisotopic (exact) mass is 328 g/mol. The molecule has 0 aliphatic carbocycles. The molecule has 0 aromatic heterocycles. The zero-order valence-electron chi connectivity index (χ0n) is 12.6. The highest BCUT2D eigenvalue weighted by molar-refractivity contribution is 6.30. The molecular formula is C18H17ClN2O2. The van der Waals surface area contributed by atoms with Gasteiger partial charge in [0.05, 0.1) is 0 Å². The molecule has 1 N–H and O–H groups in total. The van der Waals surface area contributed by atoms with Crippen molar-refractivity contribution >= 4 is 29.1 Å². The number of carbonyl (C=O) groups is 2. The van der Waals surface area contributed by atoms with E-state index in [0.29, 0.717) is 29.2 Å². The molecule has 2 amide bonds. The zero-order chi connectivity index (χ0) is 16.2. The fourth-order valence-electron chi connectivity index (χ4n) is 2.64. The number of hydrogen-bond acceptors (Lipinski definition) is 2. The molecule has 1 heterocycles. The molecule has 1 aliphatic rings. The molecule has 118 valence electrons. The Morgan fingerprint density at radius 2 is 1.96 bits per heavy atom. The Morgan fingerprint density at radius 3 is 2.65 bits per heavy atom. The SMILES string of the molecule is O=C(Nc1ccc(Cl)cc1)c1cccc(CN2CCCC2=O)c1. The summed E-state index contributed by atoms with van der Waals surface area (Å²) in [7, 11) is 0. The van der Waals surface area contributed by atoms with Crippen molar-refractivity contribution in [3.05, 3.63) is 64.7 Å². The van der Waals surface area contributed by atoms with Crippen LogP contribution in [0, 0.1) is 0 Å². The third kappa shape index (κ3) is 3.90. The van der Waals surface area contributed by atoms with Crippen LogP contribution >= 0.6 is 11.6 Å². The molecule has 2 aromatic carbocycles. The van der Waals surface area contributed by atoms with Gasteiger partial charge in [0.2, 0.25) is 5.91 Å². The van der Waals surface area contributed by atoms with Crippen LogP contribution in [0.4, 0.5) is 5.69 Å². The van der Waals surface area contributed by atoms with Gasteiger partial charge in [-0.25, -0.2) is 0 Å². The molecule has 0 saturated carbocycles. The van der Waals surface area contributed by atoms with Gasteiger partial charge >= 0.3 is 0 Å². The van der Waals surface area contributed by atoms with E-state index < -0.39 is 0 Å². The molecule has 2 aromatic rings. The Hall–Kier alpha value is -2.33. The average Bonchev–Trinajstić information content (AvgIpc) is 2.95. The Labute approximate surface area is 140 Å². The van der Waals surface area contributed by atoms with Crippen molar-refractivity contribution in [2.24, 2.45) is 0 Å². The van der Waals surface area contributed by atoms with Gasteiger partial charge in [-0.15, -0.1) is 0 Å². The average molecular weight is 329 g/mol. The van der Waals surface area contributed by atoms with E-state index in [1.807, 2.05) is 23.1 Å². The quantitative estimate of drug-likeness (QED) is 0.930. The topological polar surface area (TPSA) is 49.4 Å². The van der Waals surface area contributed by atoms with Gasteiger partial charge in [0.1, 0.15) is 0 Å². The lowest BCUT2D eigenvalue weighted by Gasteiger charge is -2.16. The molecule has 1 saturated heterocycles. The van der Waals surface area contributed by atoms with Gasteiger partial charge in [-0.05, 0) is 48.4 Å². The number of hydrogen-bond donors (Lipinski definition) is 1. The van der Waals surface area contributed by atoms with Crippen molar-refractivity contribution in [1.29, 1.82) is 0 Å². The lowest BCUT2D eigenvalue weighted by Crippen LogP contribution is -2.24. The maximum atomic E-state index is 12.3. The molecule has 5 heteroatoms. The smallest absolute Gasteiger partial charge is 0.255 e. The summed E-state index contributed by atoms with van der Waals surface area (Å²) in [5, 5.41) is 3.46. The highest BCUT2D eigenvalue weighted by atomic mass is 35.5. The molecule has 0 bridgehead atoms. The van der Waals surface area contributed by atoms with Crippen molar-refractivity contribution in [3.8, 4) is 0 Å². The minimum Gasteiger partial charge on any atom is -0.338 e. The number of anilines is 1. The van der Waals surface area contributed by atoms with Crippen molar-refractivity contribution in [3.63, 3.8) is 0 Å². The molecule has 0 atom stereocenters. The van der Waals surface area contributed by atoms with Crippen LogP contribution in [0.5, 0.6) is 0 Å². The highest BCUT2D eigenvalue weighted by Gasteiger charge is 2.20. The van der Waals surface area contributed by atoms with Crippen LogP contribution in [-0.2, 0) is 11.3 Å². The summed E-state index contributed by atoms with van der Waals surface area (Å²) in [6.07, 6.45) is 1.53. The first-order valence-corrected chi connectivity index (χ1v) is 7.93. The maximum Gasteiger partial charge on any atom is 0.255 e. The van der Waals surface area contributed by atoms with Gasteiger partial charge in [0, 0.05) is 35.8 Å². The van der Waals surface area contributed by atoms with E-state index in [1.165, 1.54) is 0 Å². The minimum atomic E-state index is -0.179. The lowest BCUT2D eigenvalue weighted by molar-refractivity contribution is -0.128. The summed E-state index contributed by atoms with van der Waals surface area (Å²) in [4.78, 5) is 25.9. The third-order valence-electron chi connectivity index (χ3n) is 3.84. The summed E-state index contributed by atoms with van der Waals surface area (Å²) in [6, 6.07) is 14.3. The number of nitrogens with zero attached hydrogens (tertiary/aromatic N) is 1. The van der Waals surface area contributed by atoms with Gasteiger partial charge in [-0.3, -0.25) is 9.59 Å². The molecule has 0 radical (unpaired) electrons. The minimum absolute atomic E-state index is 0.179. The van der Waals surface area contributed by atoms with Crippen LogP contribution in [0.15, 0.2) is 48.5 Å². The summed E-state index contributed by atoms with van der Waals surface area (Å²) in [6.45, 7) is 1.35. The molecule has 0 unspecified atom stereocenters. The fourth-order valence-corrected chi connectivity index (χ4v) is 2.76. The molecule has 23 heavy (non-hydrogen) atoms. The normalized spacial score (nSPS) is 14.1. The largest absolute Gasteiger partial charge is 0.338 e. The van der Waals surface area contributed by atoms with Crippen LogP contribution in [-0.4, -0.2) is 23.3 Å². The van der Waals surface area contributed by atoms with Crippen molar-refractivity contribution in [2.75, 3.05) is 11.9 Å². The van der Waals surface area contributed by atoms with Crippen LogP contribution in [0.3, 0.4) is 0 Å². The number of amides is 2. The van der Waals surface area contributed by atoms with Gasteiger partial charge in [0.15, 0.2) is 0 Å². The number of rotatable bonds is 4. The third-order valence-corrected chi connectivity index (χ3v) is 4.09. The van der Waals surface area contributed by atoms with Gasteiger partial charge < -0.3 is 10.2 Å². The number of halogens is 1. The highest BCUT2D eigenvalue weighted by Crippen LogP contribution is 2.17. The van der Waals surface area contributed by atoms with E-state index >= 15 is 0 Å². The number of benzene rings is 2. The van der Waals surface area contributed by atoms with E-state index in [0.717, 1.165) is 18.5 Å². The van der Waals surface area contributed by atoms with Crippen molar-refractivity contribution in [1.82, 2.24) is 4.90 Å². The molecule has 1 fully saturated rings. The van der Waals surface area contributed by atoms with Gasteiger partial charge in [-0.2, -0.15) is 0 Å². The van der Waals surface area contributed by atoms with E-state index in [2.05, 4.69) is 5.32 Å².